The summed E-state index contributed by atoms with van der Waals surface area (Å²) in [5, 5.41) is 15.3. The molecule has 1 saturated heterocycles. The van der Waals surface area contributed by atoms with E-state index < -0.39 is 26.6 Å². The van der Waals surface area contributed by atoms with Crippen molar-refractivity contribution in [1.29, 1.82) is 0 Å². The van der Waals surface area contributed by atoms with Crippen LogP contribution in [0.2, 0.25) is 0 Å². The largest absolute Gasteiger partial charge is 0.339 e. The number of nitrogens with zero attached hydrogens (tertiary/aromatic N) is 3. The molecule has 1 heterocycles. The number of nitro groups is 1. The maximum atomic E-state index is 12.0. The highest BCUT2D eigenvalue weighted by Gasteiger charge is 2.32. The van der Waals surface area contributed by atoms with Crippen LogP contribution in [0.5, 0.6) is 0 Å². The lowest BCUT2D eigenvalue weighted by molar-refractivity contribution is -0.384. The van der Waals surface area contributed by atoms with Crippen LogP contribution in [0.4, 0.5) is 17.1 Å². The van der Waals surface area contributed by atoms with Gasteiger partial charge in [-0.3, -0.25) is 14.9 Å². The lowest BCUT2D eigenvalue weighted by Crippen LogP contribution is -2.27. The van der Waals surface area contributed by atoms with Crippen molar-refractivity contribution in [3.05, 3.63) is 64.2 Å². The van der Waals surface area contributed by atoms with Gasteiger partial charge in [0.05, 0.1) is 28.6 Å². The van der Waals surface area contributed by atoms with Crippen molar-refractivity contribution in [3.63, 3.8) is 0 Å². The average molecular weight is 416 g/mol. The number of nitro benzene ring substituents is 1. The summed E-state index contributed by atoms with van der Waals surface area (Å²) in [6.07, 6.45) is 1.57. The van der Waals surface area contributed by atoms with Crippen molar-refractivity contribution in [1.82, 2.24) is 5.43 Å². The second kappa shape index (κ2) is 8.39. The Hall–Kier alpha value is -3.27. The average Bonchev–Trinajstić information content (AvgIpc) is 3.08. The van der Waals surface area contributed by atoms with Crippen LogP contribution in [0.3, 0.4) is 0 Å². The van der Waals surface area contributed by atoms with Gasteiger partial charge in [0.2, 0.25) is 5.91 Å². The lowest BCUT2D eigenvalue weighted by Gasteiger charge is -2.19. The van der Waals surface area contributed by atoms with E-state index in [9.17, 15) is 23.3 Å². The molecule has 1 atom stereocenters. The SMILES string of the molecule is CN(c1ccccc1)c1ccc(/C=N\NC(=O)[C@@H]2CCS(=O)(=O)C2)cc1[N+](=O)[O-]. The third kappa shape index (κ3) is 4.96. The number of sulfone groups is 1. The standard InChI is InChI=1S/C19H20N4O5S/c1-22(16-5-3-2-4-6-16)17-8-7-14(11-18(17)23(25)26)12-20-21-19(24)15-9-10-29(27,28)13-15/h2-8,11-12,15H,9-10,13H2,1H3,(H,21,24)/b20-12-/t15-/m1/s1. The molecule has 29 heavy (non-hydrogen) atoms. The summed E-state index contributed by atoms with van der Waals surface area (Å²) >= 11 is 0. The first-order valence-corrected chi connectivity index (χ1v) is 10.7. The molecule has 1 N–H and O–H groups in total. The molecule has 9 nitrogen and oxygen atoms in total. The summed E-state index contributed by atoms with van der Waals surface area (Å²) < 4.78 is 22.9. The zero-order valence-electron chi connectivity index (χ0n) is 15.7. The summed E-state index contributed by atoms with van der Waals surface area (Å²) in [6.45, 7) is 0. The Morgan fingerprint density at radius 2 is 2.00 bits per heavy atom. The smallest absolute Gasteiger partial charge is 0.293 e. The molecular weight excluding hydrogens is 396 g/mol. The van der Waals surface area contributed by atoms with Gasteiger partial charge in [-0.05, 0) is 24.6 Å². The number of anilines is 2. The fourth-order valence-electron chi connectivity index (χ4n) is 3.10. The number of hydrogen-bond acceptors (Lipinski definition) is 7. The van der Waals surface area contributed by atoms with Crippen LogP contribution < -0.4 is 10.3 Å². The number of nitrogens with one attached hydrogen (secondary N) is 1. The van der Waals surface area contributed by atoms with Gasteiger partial charge < -0.3 is 4.90 Å². The molecule has 1 amide bonds. The minimum Gasteiger partial charge on any atom is -0.339 e. The van der Waals surface area contributed by atoms with Crippen molar-refractivity contribution in [2.75, 3.05) is 23.5 Å². The molecule has 10 heteroatoms. The molecule has 3 rings (SSSR count). The lowest BCUT2D eigenvalue weighted by atomic mass is 10.1. The van der Waals surface area contributed by atoms with Crippen LogP contribution in [0.1, 0.15) is 12.0 Å². The zero-order valence-corrected chi connectivity index (χ0v) is 16.5. The highest BCUT2D eigenvalue weighted by atomic mass is 32.2. The van der Waals surface area contributed by atoms with Crippen molar-refractivity contribution in [2.45, 2.75) is 6.42 Å². The van der Waals surface area contributed by atoms with Crippen LogP contribution in [-0.2, 0) is 14.6 Å². The number of carbonyl (C=O) groups excluding carboxylic acids is 1. The van der Waals surface area contributed by atoms with Crippen molar-refractivity contribution >= 4 is 39.0 Å². The fraction of sp³-hybridized carbons (Fsp3) is 0.263. The van der Waals surface area contributed by atoms with Crippen molar-refractivity contribution in [2.24, 2.45) is 11.0 Å². The van der Waals surface area contributed by atoms with Gasteiger partial charge in [0.25, 0.3) is 5.69 Å². The third-order valence-corrected chi connectivity index (χ3v) is 6.46. The Labute approximate surface area is 168 Å². The summed E-state index contributed by atoms with van der Waals surface area (Å²) in [5.74, 6) is -1.27. The number of hydrogen-bond donors (Lipinski definition) is 1. The quantitative estimate of drug-likeness (QED) is 0.438. The van der Waals surface area contributed by atoms with Gasteiger partial charge in [0.15, 0.2) is 9.84 Å². The van der Waals surface area contributed by atoms with Crippen LogP contribution in [0.25, 0.3) is 0 Å². The first kappa shape index (κ1) is 20.5. The Bertz CT molecular complexity index is 1050. The molecule has 152 valence electrons. The number of carbonyl (C=O) groups is 1. The molecule has 0 unspecified atom stereocenters. The van der Waals surface area contributed by atoms with Gasteiger partial charge in [-0.1, -0.05) is 24.3 Å². The monoisotopic (exact) mass is 416 g/mol. The highest BCUT2D eigenvalue weighted by molar-refractivity contribution is 7.91. The Balaban J connectivity index is 1.74. The minimum absolute atomic E-state index is 0.00259. The van der Waals surface area contributed by atoms with Crippen LogP contribution >= 0.6 is 0 Å². The maximum Gasteiger partial charge on any atom is 0.293 e. The molecule has 1 aliphatic rings. The van der Waals surface area contributed by atoms with E-state index in [2.05, 4.69) is 10.5 Å². The van der Waals surface area contributed by atoms with Gasteiger partial charge in [-0.25, -0.2) is 13.8 Å². The van der Waals surface area contributed by atoms with E-state index in [0.717, 1.165) is 5.69 Å². The minimum atomic E-state index is -3.16. The molecular formula is C19H20N4O5S. The molecule has 2 aromatic carbocycles. The number of amides is 1. The molecule has 0 saturated carbocycles. The van der Waals surface area contributed by atoms with Gasteiger partial charge in [0, 0.05) is 24.4 Å². The highest BCUT2D eigenvalue weighted by Crippen LogP contribution is 2.32. The van der Waals surface area contributed by atoms with E-state index in [-0.39, 0.29) is 23.6 Å². The molecule has 1 aliphatic heterocycles. The topological polar surface area (TPSA) is 122 Å². The van der Waals surface area contributed by atoms with Crippen LogP contribution in [0, 0.1) is 16.0 Å². The Morgan fingerprint density at radius 1 is 1.28 bits per heavy atom. The number of benzene rings is 2. The molecule has 0 spiro atoms. The second-order valence-corrected chi connectivity index (χ2v) is 8.96. The van der Waals surface area contributed by atoms with E-state index in [0.29, 0.717) is 11.3 Å². The summed E-state index contributed by atoms with van der Waals surface area (Å²) in [7, 11) is -1.42. The number of hydrazone groups is 1. The normalized spacial score (nSPS) is 17.9. The molecule has 0 aromatic heterocycles. The first-order valence-electron chi connectivity index (χ1n) is 8.87. The van der Waals surface area contributed by atoms with Crippen LogP contribution in [0.15, 0.2) is 53.6 Å². The maximum absolute atomic E-state index is 12.0. The summed E-state index contributed by atoms with van der Waals surface area (Å²) in [6, 6.07) is 13.9. The van der Waals surface area contributed by atoms with E-state index in [1.807, 2.05) is 30.3 Å². The van der Waals surface area contributed by atoms with Crippen molar-refractivity contribution < 1.29 is 18.1 Å². The summed E-state index contributed by atoms with van der Waals surface area (Å²) in [4.78, 5) is 24.8. The predicted molar refractivity (Wildman–Crippen MR) is 110 cm³/mol. The zero-order chi connectivity index (χ0) is 21.0. The summed E-state index contributed by atoms with van der Waals surface area (Å²) in [5.41, 5.74) is 3.85. The van der Waals surface area contributed by atoms with Gasteiger partial charge in [-0.15, -0.1) is 0 Å². The molecule has 2 aromatic rings. The predicted octanol–water partition coefficient (Wildman–Crippen LogP) is 2.25. The molecule has 1 fully saturated rings. The van der Waals surface area contributed by atoms with E-state index in [1.54, 1.807) is 24.1 Å². The molecule has 0 aliphatic carbocycles. The Morgan fingerprint density at radius 3 is 2.62 bits per heavy atom. The van der Waals surface area contributed by atoms with Gasteiger partial charge in [-0.2, -0.15) is 5.10 Å². The number of para-hydroxylation sites is 1. The van der Waals surface area contributed by atoms with Gasteiger partial charge in [0.1, 0.15) is 5.69 Å². The second-order valence-electron chi connectivity index (χ2n) is 6.73. The van der Waals surface area contributed by atoms with Crippen LogP contribution in [-0.4, -0.2) is 44.0 Å². The van der Waals surface area contributed by atoms with E-state index >= 15 is 0 Å². The van der Waals surface area contributed by atoms with Gasteiger partial charge >= 0.3 is 0 Å². The first-order chi connectivity index (χ1) is 13.8. The van der Waals surface area contributed by atoms with E-state index in [1.165, 1.54) is 12.3 Å². The fourth-order valence-corrected chi connectivity index (χ4v) is 4.85. The van der Waals surface area contributed by atoms with E-state index in [4.69, 9.17) is 0 Å². The number of rotatable bonds is 6. The molecule has 0 radical (unpaired) electrons. The van der Waals surface area contributed by atoms with Crippen molar-refractivity contribution in [3.8, 4) is 0 Å². The third-order valence-electron chi connectivity index (χ3n) is 4.69. The molecule has 0 bridgehead atoms. The Kier molecular flexibility index (Phi) is 5.92.